The topological polar surface area (TPSA) is 104 Å². The van der Waals surface area contributed by atoms with Crippen molar-refractivity contribution in [3.63, 3.8) is 0 Å². The quantitative estimate of drug-likeness (QED) is 0.712. The first-order valence-electron chi connectivity index (χ1n) is 8.68. The maximum Gasteiger partial charge on any atom is 0.245 e. The summed E-state index contributed by atoms with van der Waals surface area (Å²) >= 11 is 0. The van der Waals surface area contributed by atoms with E-state index in [4.69, 9.17) is 0 Å². The smallest absolute Gasteiger partial charge is 0.245 e. The highest BCUT2D eigenvalue weighted by Crippen LogP contribution is 2.24. The van der Waals surface area contributed by atoms with Crippen molar-refractivity contribution in [2.75, 3.05) is 40.0 Å². The number of rotatable bonds is 7. The Bertz CT molecular complexity index is 1130. The fourth-order valence-electron chi connectivity index (χ4n) is 2.77. The molecular formula is C19H25N3O5S2. The van der Waals surface area contributed by atoms with Gasteiger partial charge in [0.15, 0.2) is 0 Å². The van der Waals surface area contributed by atoms with Gasteiger partial charge in [0.2, 0.25) is 26.0 Å². The van der Waals surface area contributed by atoms with Gasteiger partial charge >= 0.3 is 0 Å². The molecule has 0 aliphatic carbocycles. The van der Waals surface area contributed by atoms with Gasteiger partial charge < -0.3 is 5.32 Å². The first-order chi connectivity index (χ1) is 13.3. The molecular weight excluding hydrogens is 414 g/mol. The van der Waals surface area contributed by atoms with Crippen molar-refractivity contribution in [3.8, 4) is 0 Å². The molecule has 0 aliphatic rings. The summed E-state index contributed by atoms with van der Waals surface area (Å²) in [4.78, 5) is 12.6. The van der Waals surface area contributed by atoms with E-state index in [1.165, 1.54) is 13.1 Å². The number of benzene rings is 2. The van der Waals surface area contributed by atoms with Crippen LogP contribution >= 0.6 is 0 Å². The fourth-order valence-corrected chi connectivity index (χ4v) is 4.18. The zero-order valence-corrected chi connectivity index (χ0v) is 18.6. The molecule has 0 heterocycles. The molecule has 10 heteroatoms. The number of nitrogens with zero attached hydrogens (tertiary/aromatic N) is 2. The first kappa shape index (κ1) is 22.7. The largest absolute Gasteiger partial charge is 0.324 e. The molecule has 2 aromatic carbocycles. The number of anilines is 3. The lowest BCUT2D eigenvalue weighted by Crippen LogP contribution is -2.37. The van der Waals surface area contributed by atoms with E-state index in [9.17, 15) is 21.6 Å². The van der Waals surface area contributed by atoms with E-state index in [0.717, 1.165) is 32.2 Å². The molecule has 1 N–H and O–H groups in total. The number of carbonyl (C=O) groups excluding carboxylic acids is 1. The lowest BCUT2D eigenvalue weighted by Gasteiger charge is -2.24. The second-order valence-corrected chi connectivity index (χ2v) is 10.8. The highest BCUT2D eigenvalue weighted by atomic mass is 32.2. The summed E-state index contributed by atoms with van der Waals surface area (Å²) in [6.45, 7) is 3.27. The van der Waals surface area contributed by atoms with Crippen LogP contribution in [0.25, 0.3) is 0 Å². The number of hydrogen-bond acceptors (Lipinski definition) is 5. The van der Waals surface area contributed by atoms with Gasteiger partial charge in [0.25, 0.3) is 0 Å². The number of amides is 1. The van der Waals surface area contributed by atoms with Gasteiger partial charge in [0.05, 0.1) is 23.9 Å². The van der Waals surface area contributed by atoms with E-state index in [0.29, 0.717) is 17.1 Å². The summed E-state index contributed by atoms with van der Waals surface area (Å²) < 4.78 is 50.1. The van der Waals surface area contributed by atoms with Crippen LogP contribution in [-0.4, -0.2) is 48.8 Å². The van der Waals surface area contributed by atoms with E-state index < -0.39 is 32.5 Å². The summed E-state index contributed by atoms with van der Waals surface area (Å²) in [5.41, 5.74) is 2.88. The molecule has 0 unspecified atom stereocenters. The summed E-state index contributed by atoms with van der Waals surface area (Å²) in [6, 6.07) is 11.6. The molecule has 0 saturated carbocycles. The molecule has 0 aromatic heterocycles. The van der Waals surface area contributed by atoms with Crippen LogP contribution in [0.1, 0.15) is 11.1 Å². The third-order valence-corrected chi connectivity index (χ3v) is 6.63. The van der Waals surface area contributed by atoms with E-state index in [1.807, 2.05) is 13.0 Å². The summed E-state index contributed by atoms with van der Waals surface area (Å²) in [5.74, 6) is -0.547. The monoisotopic (exact) mass is 439 g/mol. The fraction of sp³-hybridized carbons (Fsp3) is 0.316. The summed E-state index contributed by atoms with van der Waals surface area (Å²) in [5, 5.41) is 2.63. The number of carbonyl (C=O) groups is 1. The normalized spacial score (nSPS) is 11.8. The molecule has 0 bridgehead atoms. The van der Waals surface area contributed by atoms with Gasteiger partial charge in [-0.05, 0) is 43.7 Å². The standard InChI is InChI=1S/C19H25N3O5S2/c1-14-9-10-18(15(2)11-14)22(29(5,26)27)13-19(23)20-16-7-6-8-17(12-16)21(3)28(4,24)25/h6-12H,13H2,1-5H3,(H,20,23). The van der Waals surface area contributed by atoms with Gasteiger partial charge in [0.1, 0.15) is 6.54 Å². The van der Waals surface area contributed by atoms with Crippen molar-refractivity contribution in [1.82, 2.24) is 0 Å². The van der Waals surface area contributed by atoms with Crippen LogP contribution in [0.3, 0.4) is 0 Å². The highest BCUT2D eigenvalue weighted by molar-refractivity contribution is 7.92. The maximum atomic E-state index is 12.6. The SMILES string of the molecule is Cc1ccc(N(CC(=O)Nc2cccc(N(C)S(C)(=O)=O)c2)S(C)(=O)=O)c(C)c1. The van der Waals surface area contributed by atoms with Crippen molar-refractivity contribution in [3.05, 3.63) is 53.6 Å². The van der Waals surface area contributed by atoms with Crippen LogP contribution in [0.15, 0.2) is 42.5 Å². The third-order valence-electron chi connectivity index (χ3n) is 4.30. The first-order valence-corrected chi connectivity index (χ1v) is 12.4. The minimum atomic E-state index is -3.70. The van der Waals surface area contributed by atoms with Crippen LogP contribution < -0.4 is 13.9 Å². The molecule has 1 amide bonds. The molecule has 0 saturated heterocycles. The zero-order chi connectivity index (χ0) is 22.0. The lowest BCUT2D eigenvalue weighted by molar-refractivity contribution is -0.114. The van der Waals surface area contributed by atoms with E-state index in [-0.39, 0.29) is 0 Å². The molecule has 8 nitrogen and oxygen atoms in total. The Labute approximate surface area is 172 Å². The molecule has 2 aromatic rings. The molecule has 29 heavy (non-hydrogen) atoms. The Kier molecular flexibility index (Phi) is 6.59. The minimum Gasteiger partial charge on any atom is -0.324 e. The Morgan fingerprint density at radius 1 is 0.966 bits per heavy atom. The predicted molar refractivity (Wildman–Crippen MR) is 116 cm³/mol. The Balaban J connectivity index is 2.26. The van der Waals surface area contributed by atoms with Gasteiger partial charge in [-0.3, -0.25) is 13.4 Å². The molecule has 0 aliphatic heterocycles. The van der Waals surface area contributed by atoms with E-state index in [2.05, 4.69) is 5.32 Å². The summed E-state index contributed by atoms with van der Waals surface area (Å²) in [6.07, 6.45) is 2.12. The van der Waals surface area contributed by atoms with Crippen molar-refractivity contribution in [2.24, 2.45) is 0 Å². The Morgan fingerprint density at radius 3 is 2.17 bits per heavy atom. The van der Waals surface area contributed by atoms with Crippen LogP contribution in [0.4, 0.5) is 17.1 Å². The van der Waals surface area contributed by atoms with Gasteiger partial charge in [-0.2, -0.15) is 0 Å². The second kappa shape index (κ2) is 8.42. The van der Waals surface area contributed by atoms with Crippen LogP contribution in [0.5, 0.6) is 0 Å². The second-order valence-electron chi connectivity index (χ2n) is 6.89. The number of nitrogens with one attached hydrogen (secondary N) is 1. The van der Waals surface area contributed by atoms with Gasteiger partial charge in [-0.25, -0.2) is 16.8 Å². The third kappa shape index (κ3) is 5.94. The molecule has 2 rings (SSSR count). The number of sulfonamides is 2. The molecule has 0 spiro atoms. The Hall–Kier alpha value is -2.59. The number of aryl methyl sites for hydroxylation is 2. The van der Waals surface area contributed by atoms with Crippen molar-refractivity contribution >= 4 is 43.0 Å². The average Bonchev–Trinajstić information content (AvgIpc) is 2.58. The van der Waals surface area contributed by atoms with E-state index >= 15 is 0 Å². The molecule has 0 radical (unpaired) electrons. The highest BCUT2D eigenvalue weighted by Gasteiger charge is 2.22. The van der Waals surface area contributed by atoms with Crippen LogP contribution in [0.2, 0.25) is 0 Å². The van der Waals surface area contributed by atoms with Gasteiger partial charge in [0, 0.05) is 12.7 Å². The lowest BCUT2D eigenvalue weighted by atomic mass is 10.1. The zero-order valence-electron chi connectivity index (χ0n) is 17.0. The van der Waals surface area contributed by atoms with Crippen molar-refractivity contribution < 1.29 is 21.6 Å². The van der Waals surface area contributed by atoms with Gasteiger partial charge in [-0.15, -0.1) is 0 Å². The van der Waals surface area contributed by atoms with Crippen LogP contribution in [-0.2, 0) is 24.8 Å². The van der Waals surface area contributed by atoms with Crippen molar-refractivity contribution in [2.45, 2.75) is 13.8 Å². The maximum absolute atomic E-state index is 12.6. The van der Waals surface area contributed by atoms with Crippen molar-refractivity contribution in [1.29, 1.82) is 0 Å². The predicted octanol–water partition coefficient (Wildman–Crippen LogP) is 2.10. The molecule has 0 fully saturated rings. The molecule has 0 atom stereocenters. The minimum absolute atomic E-state index is 0.358. The van der Waals surface area contributed by atoms with E-state index in [1.54, 1.807) is 37.3 Å². The van der Waals surface area contributed by atoms with Gasteiger partial charge in [-0.1, -0.05) is 23.8 Å². The summed E-state index contributed by atoms with van der Waals surface area (Å²) in [7, 11) is -5.74. The Morgan fingerprint density at radius 2 is 1.62 bits per heavy atom. The molecule has 158 valence electrons. The number of hydrogen-bond donors (Lipinski definition) is 1. The van der Waals surface area contributed by atoms with Crippen LogP contribution in [0, 0.1) is 13.8 Å². The average molecular weight is 440 g/mol.